The molecule has 1 heterocycles. The molecule has 0 radical (unpaired) electrons. The van der Waals surface area contributed by atoms with Crippen molar-refractivity contribution >= 4 is 39.8 Å². The van der Waals surface area contributed by atoms with Gasteiger partial charge in [-0.05, 0) is 36.6 Å². The van der Waals surface area contributed by atoms with Gasteiger partial charge in [-0.25, -0.2) is 8.42 Å². The van der Waals surface area contributed by atoms with Crippen LogP contribution in [0, 0.1) is 6.92 Å². The topological polar surface area (TPSA) is 79.8 Å². The van der Waals surface area contributed by atoms with Crippen LogP contribution in [0.5, 0.6) is 5.75 Å². The lowest BCUT2D eigenvalue weighted by Gasteiger charge is -2.16. The van der Waals surface area contributed by atoms with E-state index in [0.29, 0.717) is 18.9 Å². The first-order valence-corrected chi connectivity index (χ1v) is 9.06. The van der Waals surface area contributed by atoms with Gasteiger partial charge in [0.1, 0.15) is 5.75 Å². The summed E-state index contributed by atoms with van der Waals surface area (Å²) in [6, 6.07) is 5.94. The van der Waals surface area contributed by atoms with Crippen LogP contribution in [0.15, 0.2) is 23.2 Å². The second-order valence-electron chi connectivity index (χ2n) is 5.53. The van der Waals surface area contributed by atoms with Crippen LogP contribution in [0.25, 0.3) is 0 Å². The highest BCUT2D eigenvalue weighted by atomic mass is 127. The standard InChI is InChI=1S/C15H23N3O3S.HI/c1-11-6-12(8-14(7-11)21-3)9-17-15(16-2)18-13-4-5-22(19,20)10-13;/h6-8,13H,4-5,9-10H2,1-3H3,(H2,16,17,18);1H. The number of nitrogens with zero attached hydrogens (tertiary/aromatic N) is 1. The summed E-state index contributed by atoms with van der Waals surface area (Å²) in [5.41, 5.74) is 2.21. The third-order valence-electron chi connectivity index (χ3n) is 3.60. The Morgan fingerprint density at radius 2 is 2.13 bits per heavy atom. The van der Waals surface area contributed by atoms with Gasteiger partial charge in [-0.1, -0.05) is 6.07 Å². The number of halogens is 1. The summed E-state index contributed by atoms with van der Waals surface area (Å²) in [7, 11) is 0.429. The van der Waals surface area contributed by atoms with Crippen molar-refractivity contribution in [3.05, 3.63) is 29.3 Å². The second kappa shape index (κ2) is 8.72. The van der Waals surface area contributed by atoms with Crippen LogP contribution >= 0.6 is 24.0 Å². The lowest BCUT2D eigenvalue weighted by molar-refractivity contribution is 0.414. The summed E-state index contributed by atoms with van der Waals surface area (Å²) in [5, 5.41) is 6.37. The highest BCUT2D eigenvalue weighted by Crippen LogP contribution is 2.16. The number of aryl methyl sites for hydroxylation is 1. The Labute approximate surface area is 155 Å². The number of ether oxygens (including phenoxy) is 1. The van der Waals surface area contributed by atoms with E-state index in [9.17, 15) is 8.42 Å². The molecule has 0 saturated carbocycles. The molecule has 2 N–H and O–H groups in total. The number of hydrogen-bond donors (Lipinski definition) is 2. The molecule has 1 aliphatic rings. The number of nitrogens with one attached hydrogen (secondary N) is 2. The van der Waals surface area contributed by atoms with Crippen LogP contribution in [0.3, 0.4) is 0 Å². The molecule has 1 aromatic rings. The lowest BCUT2D eigenvalue weighted by Crippen LogP contribution is -2.43. The van der Waals surface area contributed by atoms with Gasteiger partial charge in [0.05, 0.1) is 18.6 Å². The van der Waals surface area contributed by atoms with Crippen molar-refractivity contribution in [2.75, 3.05) is 25.7 Å². The predicted octanol–water partition coefficient (Wildman–Crippen LogP) is 1.47. The second-order valence-corrected chi connectivity index (χ2v) is 7.76. The molecular weight excluding hydrogens is 429 g/mol. The molecule has 23 heavy (non-hydrogen) atoms. The summed E-state index contributed by atoms with van der Waals surface area (Å²) in [6.45, 7) is 2.61. The van der Waals surface area contributed by atoms with Crippen LogP contribution in [-0.2, 0) is 16.4 Å². The van der Waals surface area contributed by atoms with Crippen LogP contribution in [0.1, 0.15) is 17.5 Å². The normalized spacial score (nSPS) is 19.8. The van der Waals surface area contributed by atoms with Gasteiger partial charge in [-0.3, -0.25) is 4.99 Å². The highest BCUT2D eigenvalue weighted by Gasteiger charge is 2.28. The van der Waals surface area contributed by atoms with E-state index >= 15 is 0 Å². The molecule has 2 rings (SSSR count). The molecule has 1 aromatic carbocycles. The van der Waals surface area contributed by atoms with Gasteiger partial charge in [0.15, 0.2) is 15.8 Å². The monoisotopic (exact) mass is 453 g/mol. The third-order valence-corrected chi connectivity index (χ3v) is 5.37. The lowest BCUT2D eigenvalue weighted by atomic mass is 10.1. The van der Waals surface area contributed by atoms with Crippen molar-refractivity contribution in [3.8, 4) is 5.75 Å². The number of guanidine groups is 1. The molecule has 130 valence electrons. The Balaban J connectivity index is 0.00000264. The summed E-state index contributed by atoms with van der Waals surface area (Å²) < 4.78 is 28.2. The Morgan fingerprint density at radius 1 is 1.39 bits per heavy atom. The first-order valence-electron chi connectivity index (χ1n) is 7.24. The van der Waals surface area contributed by atoms with Crippen molar-refractivity contribution < 1.29 is 13.2 Å². The zero-order valence-corrected chi connectivity index (χ0v) is 16.8. The number of benzene rings is 1. The minimum absolute atomic E-state index is 0. The number of methoxy groups -OCH3 is 1. The van der Waals surface area contributed by atoms with Gasteiger partial charge in [0, 0.05) is 19.6 Å². The molecular formula is C15H24IN3O3S. The van der Waals surface area contributed by atoms with Gasteiger partial charge in [0.25, 0.3) is 0 Å². The summed E-state index contributed by atoms with van der Waals surface area (Å²) >= 11 is 0. The Bertz CT molecular complexity index is 662. The summed E-state index contributed by atoms with van der Waals surface area (Å²) in [4.78, 5) is 4.15. The van der Waals surface area contributed by atoms with E-state index in [4.69, 9.17) is 4.74 Å². The molecule has 6 nitrogen and oxygen atoms in total. The third kappa shape index (κ3) is 6.17. The molecule has 0 amide bonds. The maximum atomic E-state index is 11.5. The van der Waals surface area contributed by atoms with Crippen molar-refractivity contribution in [1.82, 2.24) is 10.6 Å². The van der Waals surface area contributed by atoms with Gasteiger partial charge >= 0.3 is 0 Å². The zero-order valence-electron chi connectivity index (χ0n) is 13.6. The quantitative estimate of drug-likeness (QED) is 0.410. The van der Waals surface area contributed by atoms with E-state index in [1.807, 2.05) is 19.1 Å². The van der Waals surface area contributed by atoms with Crippen LogP contribution in [-0.4, -0.2) is 46.1 Å². The molecule has 0 bridgehead atoms. The van der Waals surface area contributed by atoms with E-state index in [1.165, 1.54) is 0 Å². The maximum Gasteiger partial charge on any atom is 0.191 e. The Hall–Kier alpha value is -1.03. The fourth-order valence-corrected chi connectivity index (χ4v) is 4.20. The molecule has 0 spiro atoms. The zero-order chi connectivity index (χ0) is 16.2. The highest BCUT2D eigenvalue weighted by molar-refractivity contribution is 14.0. The number of sulfone groups is 1. The average molecular weight is 453 g/mol. The molecule has 0 aromatic heterocycles. The molecule has 0 aliphatic carbocycles. The van der Waals surface area contributed by atoms with Gasteiger partial charge in [-0.15, -0.1) is 24.0 Å². The van der Waals surface area contributed by atoms with E-state index in [-0.39, 0.29) is 41.5 Å². The minimum Gasteiger partial charge on any atom is -0.497 e. The van der Waals surface area contributed by atoms with Crippen molar-refractivity contribution in [2.24, 2.45) is 4.99 Å². The van der Waals surface area contributed by atoms with Crippen molar-refractivity contribution in [2.45, 2.75) is 25.9 Å². The van der Waals surface area contributed by atoms with Crippen molar-refractivity contribution in [3.63, 3.8) is 0 Å². The maximum absolute atomic E-state index is 11.5. The van der Waals surface area contributed by atoms with Crippen molar-refractivity contribution in [1.29, 1.82) is 0 Å². The summed E-state index contributed by atoms with van der Waals surface area (Å²) in [6.07, 6.45) is 0.626. The fourth-order valence-electron chi connectivity index (χ4n) is 2.53. The first kappa shape index (κ1) is 20.0. The van der Waals surface area contributed by atoms with Gasteiger partial charge in [-0.2, -0.15) is 0 Å². The van der Waals surface area contributed by atoms with Crippen LogP contribution in [0.2, 0.25) is 0 Å². The molecule has 1 atom stereocenters. The molecule has 1 aliphatic heterocycles. The molecule has 1 unspecified atom stereocenters. The molecule has 1 fully saturated rings. The minimum atomic E-state index is -2.89. The Morgan fingerprint density at radius 3 is 2.70 bits per heavy atom. The van der Waals surface area contributed by atoms with Crippen LogP contribution < -0.4 is 15.4 Å². The fraction of sp³-hybridized carbons (Fsp3) is 0.533. The Kier molecular flexibility index (Phi) is 7.59. The van der Waals surface area contributed by atoms with E-state index in [1.54, 1.807) is 14.2 Å². The molecule has 8 heteroatoms. The molecule has 1 saturated heterocycles. The number of hydrogen-bond acceptors (Lipinski definition) is 4. The average Bonchev–Trinajstić information content (AvgIpc) is 2.81. The summed E-state index contributed by atoms with van der Waals surface area (Å²) in [5.74, 6) is 1.85. The number of rotatable bonds is 4. The number of aliphatic imine (C=N–C) groups is 1. The predicted molar refractivity (Wildman–Crippen MR) is 104 cm³/mol. The van der Waals surface area contributed by atoms with Gasteiger partial charge in [0.2, 0.25) is 0 Å². The van der Waals surface area contributed by atoms with E-state index in [0.717, 1.165) is 16.9 Å². The first-order chi connectivity index (χ1) is 10.4. The van der Waals surface area contributed by atoms with Crippen LogP contribution in [0.4, 0.5) is 0 Å². The smallest absolute Gasteiger partial charge is 0.191 e. The van der Waals surface area contributed by atoms with Gasteiger partial charge < -0.3 is 15.4 Å². The van der Waals surface area contributed by atoms with E-state index in [2.05, 4.69) is 21.7 Å². The largest absolute Gasteiger partial charge is 0.497 e. The SMILES string of the molecule is CN=C(NCc1cc(C)cc(OC)c1)NC1CCS(=O)(=O)C1.I. The van der Waals surface area contributed by atoms with E-state index < -0.39 is 9.84 Å².